The maximum atomic E-state index is 11.9. The third-order valence-corrected chi connectivity index (χ3v) is 21.6. The number of benzene rings is 3. The van der Waals surface area contributed by atoms with Crippen LogP contribution in [-0.4, -0.2) is 44.0 Å². The summed E-state index contributed by atoms with van der Waals surface area (Å²) < 4.78 is 20.8. The van der Waals surface area contributed by atoms with Crippen molar-refractivity contribution in [1.82, 2.24) is 4.57 Å². The second-order valence-electron chi connectivity index (χ2n) is 15.8. The van der Waals surface area contributed by atoms with Crippen molar-refractivity contribution in [3.8, 4) is 59.0 Å². The van der Waals surface area contributed by atoms with Crippen LogP contribution in [0.15, 0.2) is 84.4 Å². The highest BCUT2D eigenvalue weighted by Gasteiger charge is 2.47. The minimum atomic E-state index is -2.25. The van der Waals surface area contributed by atoms with Gasteiger partial charge in [-0.2, -0.15) is 5.26 Å². The minimum Gasteiger partial charge on any atom is -0.497 e. The number of hydrogen-bond donors (Lipinski definition) is 1. The Morgan fingerprint density at radius 2 is 1.45 bits per heavy atom. The third kappa shape index (κ3) is 7.07. The van der Waals surface area contributed by atoms with Crippen molar-refractivity contribution >= 4 is 86.3 Å². The number of carboxylic acids is 1. The fraction of sp³-hybridized carbons (Fsp3) is 0.306. The Labute approximate surface area is 364 Å². The lowest BCUT2D eigenvalue weighted by Crippen LogP contribution is -2.54. The van der Waals surface area contributed by atoms with Crippen molar-refractivity contribution in [1.29, 1.82) is 5.26 Å². The van der Waals surface area contributed by atoms with E-state index >= 15 is 0 Å². The van der Waals surface area contributed by atoms with Gasteiger partial charge in [-0.15, -0.1) is 34.0 Å². The summed E-state index contributed by atoms with van der Waals surface area (Å²) in [5, 5.41) is 24.7. The molecule has 0 radical (unpaired) electrons. The molecule has 0 amide bonds. The number of carbonyl (C=O) groups is 1. The highest BCUT2D eigenvalue weighted by molar-refractivity contribution is 7.32. The van der Waals surface area contributed by atoms with E-state index in [1.165, 1.54) is 99.2 Å². The summed E-state index contributed by atoms with van der Waals surface area (Å²) >= 11 is 5.26. The van der Waals surface area contributed by atoms with Gasteiger partial charge < -0.3 is 23.9 Å². The number of hydrogen-bond acceptors (Lipinski definition) is 8. The minimum absolute atomic E-state index is 0.224. The Morgan fingerprint density at radius 3 is 2.13 bits per heavy atom. The Kier molecular flexibility index (Phi) is 11.5. The molecule has 9 rings (SSSR count). The molecular formula is C49H48N2O5S3Si. The number of thiophene rings is 3. The standard InChI is InChI=1S/C49H48N2O5S3Si/c1-4-6-8-12-24-60(25-13-9-7-5-2)41-28-35(26-32(30-50)49(52)53)57-47(41)48-42(60)29-40(58-48)46-44-43(55-22-23-56-44)45(59-46)31-16-21-39-37(27-31)36-14-10-11-15-38(36)51(39)33-17-19-34(54-3)20-18-33/h10-11,14-21,26-29H,4-9,12-13,22-25H2,1-3H3,(H,52,53)/b32-26-. The zero-order chi connectivity index (χ0) is 41.4. The van der Waals surface area contributed by atoms with Gasteiger partial charge in [-0.05, 0) is 88.7 Å². The Balaban J connectivity index is 1.17. The first-order valence-corrected chi connectivity index (χ1v) is 26.0. The van der Waals surface area contributed by atoms with Crippen LogP contribution in [0.5, 0.6) is 17.2 Å². The number of aliphatic carboxylic acids is 1. The van der Waals surface area contributed by atoms with Crippen molar-refractivity contribution in [2.75, 3.05) is 20.3 Å². The first-order valence-electron chi connectivity index (χ1n) is 21.1. The number of unbranched alkanes of at least 4 members (excludes halogenated alkanes) is 6. The average molecular weight is 869 g/mol. The molecule has 0 bridgehead atoms. The molecule has 7 aromatic rings. The summed E-state index contributed by atoms with van der Waals surface area (Å²) in [4.78, 5) is 18.8. The maximum Gasteiger partial charge on any atom is 0.346 e. The first-order chi connectivity index (χ1) is 29.4. The van der Waals surface area contributed by atoms with Gasteiger partial charge >= 0.3 is 5.97 Å². The number of para-hydroxylation sites is 1. The van der Waals surface area contributed by atoms with Gasteiger partial charge in [0.2, 0.25) is 0 Å². The van der Waals surface area contributed by atoms with E-state index in [4.69, 9.17) is 14.2 Å². The molecule has 0 unspecified atom stereocenters. The lowest BCUT2D eigenvalue weighted by molar-refractivity contribution is -0.132. The van der Waals surface area contributed by atoms with Crippen molar-refractivity contribution in [2.24, 2.45) is 0 Å². The van der Waals surface area contributed by atoms with Crippen LogP contribution in [0, 0.1) is 11.3 Å². The third-order valence-electron chi connectivity index (χ3n) is 12.2. The van der Waals surface area contributed by atoms with E-state index < -0.39 is 14.0 Å². The van der Waals surface area contributed by atoms with E-state index in [-0.39, 0.29) is 5.57 Å². The number of aromatic nitrogens is 1. The summed E-state index contributed by atoms with van der Waals surface area (Å²) in [6.07, 6.45) is 11.2. The second-order valence-corrected chi connectivity index (χ2v) is 23.2. The zero-order valence-corrected chi connectivity index (χ0v) is 37.7. The number of nitrogens with zero attached hydrogens (tertiary/aromatic N) is 2. The molecule has 4 aromatic heterocycles. The molecule has 0 aliphatic carbocycles. The molecule has 0 atom stereocenters. The topological polar surface area (TPSA) is 93.7 Å². The summed E-state index contributed by atoms with van der Waals surface area (Å²) in [6.45, 7) is 5.53. The van der Waals surface area contributed by atoms with Gasteiger partial charge in [0.05, 0.1) is 27.9 Å². The van der Waals surface area contributed by atoms with Crippen molar-refractivity contribution in [2.45, 2.75) is 77.3 Å². The summed E-state index contributed by atoms with van der Waals surface area (Å²) in [6, 6.07) is 32.6. The molecule has 0 saturated heterocycles. The predicted molar refractivity (Wildman–Crippen MR) is 252 cm³/mol. The van der Waals surface area contributed by atoms with Crippen LogP contribution in [0.1, 0.15) is 70.1 Å². The average Bonchev–Trinajstić information content (AvgIpc) is 4.09. The fourth-order valence-electron chi connectivity index (χ4n) is 9.26. The number of ether oxygens (including phenoxy) is 3. The fourth-order valence-corrected chi connectivity index (χ4v) is 19.9. The van der Waals surface area contributed by atoms with Gasteiger partial charge in [-0.1, -0.05) is 89.5 Å². The molecule has 0 fully saturated rings. The number of fused-ring (bicyclic) bond motifs is 7. The highest BCUT2D eigenvalue weighted by atomic mass is 32.1. The quantitative estimate of drug-likeness (QED) is 0.0450. The second kappa shape index (κ2) is 17.1. The maximum absolute atomic E-state index is 11.9. The molecule has 306 valence electrons. The van der Waals surface area contributed by atoms with Crippen LogP contribution < -0.4 is 24.6 Å². The molecular weight excluding hydrogens is 821 g/mol. The van der Waals surface area contributed by atoms with Gasteiger partial charge in [0.25, 0.3) is 0 Å². The molecule has 2 aliphatic heterocycles. The van der Waals surface area contributed by atoms with Crippen molar-refractivity contribution < 1.29 is 24.1 Å². The summed E-state index contributed by atoms with van der Waals surface area (Å²) in [7, 11) is -0.557. The molecule has 11 heteroatoms. The molecule has 7 nitrogen and oxygen atoms in total. The Morgan fingerprint density at radius 1 is 0.783 bits per heavy atom. The predicted octanol–water partition coefficient (Wildman–Crippen LogP) is 12.8. The molecule has 3 aromatic carbocycles. The number of carboxylic acid groups (broad SMARTS) is 1. The van der Waals surface area contributed by atoms with E-state index in [9.17, 15) is 15.2 Å². The normalized spacial score (nSPS) is 14.1. The Bertz CT molecular complexity index is 2790. The largest absolute Gasteiger partial charge is 0.497 e. The number of nitriles is 1. The Hall–Kier alpha value is -5.12. The van der Waals surface area contributed by atoms with E-state index in [0.29, 0.717) is 13.2 Å². The van der Waals surface area contributed by atoms with Crippen LogP contribution in [0.4, 0.5) is 0 Å². The number of methoxy groups -OCH3 is 1. The van der Waals surface area contributed by atoms with Gasteiger partial charge in [0, 0.05) is 36.0 Å². The molecule has 6 heterocycles. The van der Waals surface area contributed by atoms with Gasteiger partial charge in [-0.3, -0.25) is 0 Å². The highest BCUT2D eigenvalue weighted by Crippen LogP contribution is 2.56. The first kappa shape index (κ1) is 40.3. The summed E-state index contributed by atoms with van der Waals surface area (Å²) in [5.74, 6) is 1.29. The van der Waals surface area contributed by atoms with E-state index in [0.717, 1.165) is 54.2 Å². The lowest BCUT2D eigenvalue weighted by atomic mass is 10.1. The van der Waals surface area contributed by atoms with E-state index in [2.05, 4.69) is 85.1 Å². The van der Waals surface area contributed by atoms with Gasteiger partial charge in [-0.25, -0.2) is 4.79 Å². The van der Waals surface area contributed by atoms with E-state index in [1.807, 2.05) is 29.5 Å². The smallest absolute Gasteiger partial charge is 0.346 e. The van der Waals surface area contributed by atoms with Crippen molar-refractivity contribution in [3.05, 3.63) is 89.3 Å². The van der Waals surface area contributed by atoms with Crippen LogP contribution in [0.3, 0.4) is 0 Å². The van der Waals surface area contributed by atoms with E-state index in [1.54, 1.807) is 35.9 Å². The lowest BCUT2D eigenvalue weighted by Gasteiger charge is -2.29. The SMILES string of the molecule is CCCCCC[Si]1(CCCCCC)c2cc(/C=C(/C#N)C(=O)O)sc2-c2sc(-c3sc(-c4ccc5c(c4)c4ccccc4n5-c4ccc(OC)cc4)c4c3OCCO4)cc21. The van der Waals surface area contributed by atoms with Crippen LogP contribution in [0.25, 0.3) is 63.5 Å². The van der Waals surface area contributed by atoms with Crippen LogP contribution >= 0.6 is 34.0 Å². The monoisotopic (exact) mass is 868 g/mol. The molecule has 1 N–H and O–H groups in total. The summed E-state index contributed by atoms with van der Waals surface area (Å²) in [5.41, 5.74) is 4.23. The van der Waals surface area contributed by atoms with Crippen molar-refractivity contribution in [3.63, 3.8) is 0 Å². The molecule has 0 saturated carbocycles. The van der Waals surface area contributed by atoms with Gasteiger partial charge in [0.15, 0.2) is 11.5 Å². The molecule has 0 spiro atoms. The zero-order valence-electron chi connectivity index (χ0n) is 34.3. The molecule has 2 aliphatic rings. The van der Waals surface area contributed by atoms with Crippen LogP contribution in [-0.2, 0) is 4.79 Å². The molecule has 60 heavy (non-hydrogen) atoms. The van der Waals surface area contributed by atoms with Gasteiger partial charge in [0.1, 0.15) is 38.7 Å². The number of rotatable bonds is 16. The van der Waals surface area contributed by atoms with Crippen LogP contribution in [0.2, 0.25) is 12.1 Å².